The first-order valence-electron chi connectivity index (χ1n) is 5.77. The van der Waals surface area contributed by atoms with Crippen molar-refractivity contribution in [1.82, 2.24) is 4.98 Å². The number of aromatic hydroxyl groups is 1. The van der Waals surface area contributed by atoms with Crippen molar-refractivity contribution < 1.29 is 9.50 Å². The Morgan fingerprint density at radius 1 is 1.00 bits per heavy atom. The number of pyridine rings is 1. The van der Waals surface area contributed by atoms with E-state index in [1.165, 1.54) is 12.1 Å². The van der Waals surface area contributed by atoms with Crippen LogP contribution in [0.25, 0.3) is 22.2 Å². The van der Waals surface area contributed by atoms with Crippen molar-refractivity contribution in [2.24, 2.45) is 0 Å². The van der Waals surface area contributed by atoms with Gasteiger partial charge in [0.2, 0.25) is 5.43 Å². The molecule has 0 saturated heterocycles. The van der Waals surface area contributed by atoms with Gasteiger partial charge in [0.05, 0.1) is 5.69 Å². The maximum atomic E-state index is 13.8. The van der Waals surface area contributed by atoms with E-state index in [-0.39, 0.29) is 11.3 Å². The van der Waals surface area contributed by atoms with Crippen LogP contribution in [0.2, 0.25) is 0 Å². The Hall–Kier alpha value is -2.62. The average molecular weight is 255 g/mol. The van der Waals surface area contributed by atoms with E-state index in [1.807, 2.05) is 0 Å². The van der Waals surface area contributed by atoms with E-state index in [9.17, 15) is 14.3 Å². The zero-order valence-corrected chi connectivity index (χ0v) is 9.85. The molecule has 19 heavy (non-hydrogen) atoms. The molecule has 0 spiro atoms. The van der Waals surface area contributed by atoms with E-state index < -0.39 is 17.0 Å². The molecule has 3 rings (SSSR count). The lowest BCUT2D eigenvalue weighted by atomic mass is 10.1. The van der Waals surface area contributed by atoms with Gasteiger partial charge in [0.1, 0.15) is 5.82 Å². The summed E-state index contributed by atoms with van der Waals surface area (Å²) in [5.74, 6) is -0.965. The predicted octanol–water partition coefficient (Wildman–Crippen LogP) is 3.04. The molecule has 2 aromatic carbocycles. The molecule has 94 valence electrons. The lowest BCUT2D eigenvalue weighted by molar-refractivity contribution is 0.470. The molecular weight excluding hydrogens is 245 g/mol. The molecule has 0 aliphatic carbocycles. The molecule has 0 unspecified atom stereocenters. The third kappa shape index (κ3) is 1.78. The van der Waals surface area contributed by atoms with E-state index >= 15 is 0 Å². The monoisotopic (exact) mass is 255 g/mol. The molecule has 0 radical (unpaired) electrons. The summed E-state index contributed by atoms with van der Waals surface area (Å²) in [4.78, 5) is 14.9. The van der Waals surface area contributed by atoms with Crippen LogP contribution in [-0.2, 0) is 0 Å². The first-order chi connectivity index (χ1) is 9.18. The molecule has 0 aliphatic heterocycles. The van der Waals surface area contributed by atoms with E-state index in [2.05, 4.69) is 4.98 Å². The summed E-state index contributed by atoms with van der Waals surface area (Å²) >= 11 is 0. The van der Waals surface area contributed by atoms with Crippen molar-refractivity contribution in [3.05, 3.63) is 64.6 Å². The van der Waals surface area contributed by atoms with E-state index in [4.69, 9.17) is 0 Å². The zero-order chi connectivity index (χ0) is 13.4. The van der Waals surface area contributed by atoms with Gasteiger partial charge in [0.15, 0.2) is 5.75 Å². The SMILES string of the molecule is O=c1c(O)c(-c2ccccc2F)[nH]c2ccccc12. The van der Waals surface area contributed by atoms with E-state index in [0.717, 1.165) is 0 Å². The summed E-state index contributed by atoms with van der Waals surface area (Å²) in [5.41, 5.74) is 0.320. The zero-order valence-electron chi connectivity index (χ0n) is 9.85. The van der Waals surface area contributed by atoms with Gasteiger partial charge in [-0.1, -0.05) is 24.3 Å². The summed E-state index contributed by atoms with van der Waals surface area (Å²) in [6.45, 7) is 0. The highest BCUT2D eigenvalue weighted by Gasteiger charge is 2.14. The molecule has 1 heterocycles. The van der Waals surface area contributed by atoms with Crippen molar-refractivity contribution in [2.45, 2.75) is 0 Å². The molecular formula is C15H10FNO2. The first-order valence-corrected chi connectivity index (χ1v) is 5.77. The fraction of sp³-hybridized carbons (Fsp3) is 0. The fourth-order valence-electron chi connectivity index (χ4n) is 2.08. The van der Waals surface area contributed by atoms with E-state index in [0.29, 0.717) is 10.9 Å². The number of rotatable bonds is 1. The van der Waals surface area contributed by atoms with Crippen LogP contribution in [0.4, 0.5) is 4.39 Å². The molecule has 0 aliphatic rings. The lowest BCUT2D eigenvalue weighted by Gasteiger charge is -2.08. The quantitative estimate of drug-likeness (QED) is 0.702. The van der Waals surface area contributed by atoms with Gasteiger partial charge in [-0.25, -0.2) is 4.39 Å². The van der Waals surface area contributed by atoms with Gasteiger partial charge in [-0.15, -0.1) is 0 Å². The molecule has 4 heteroatoms. The van der Waals surface area contributed by atoms with Gasteiger partial charge in [-0.05, 0) is 24.3 Å². The number of halogens is 1. The molecule has 0 fully saturated rings. The Bertz CT molecular complexity index is 824. The van der Waals surface area contributed by atoms with Crippen molar-refractivity contribution >= 4 is 10.9 Å². The van der Waals surface area contributed by atoms with Crippen molar-refractivity contribution in [1.29, 1.82) is 0 Å². The van der Waals surface area contributed by atoms with Crippen LogP contribution in [0.5, 0.6) is 5.75 Å². The number of aromatic nitrogens is 1. The average Bonchev–Trinajstić information content (AvgIpc) is 2.44. The highest BCUT2D eigenvalue weighted by atomic mass is 19.1. The minimum atomic E-state index is -0.507. The summed E-state index contributed by atoms with van der Waals surface area (Å²) in [6, 6.07) is 12.8. The van der Waals surface area contributed by atoms with Gasteiger partial charge < -0.3 is 10.1 Å². The van der Waals surface area contributed by atoms with Crippen LogP contribution in [0.15, 0.2) is 53.3 Å². The number of benzene rings is 2. The van der Waals surface area contributed by atoms with Crippen molar-refractivity contribution in [2.75, 3.05) is 0 Å². The highest BCUT2D eigenvalue weighted by molar-refractivity contribution is 5.84. The maximum Gasteiger partial charge on any atom is 0.231 e. The second-order valence-electron chi connectivity index (χ2n) is 4.20. The largest absolute Gasteiger partial charge is 0.503 e. The molecule has 0 amide bonds. The summed E-state index contributed by atoms with van der Waals surface area (Å²) in [5, 5.41) is 10.3. The van der Waals surface area contributed by atoms with Crippen LogP contribution in [-0.4, -0.2) is 10.1 Å². The normalized spacial score (nSPS) is 10.8. The number of H-pyrrole nitrogens is 1. The highest BCUT2D eigenvalue weighted by Crippen LogP contribution is 2.28. The standard InChI is InChI=1S/C15H10FNO2/c16-11-7-3-1-5-9(11)13-15(19)14(18)10-6-2-4-8-12(10)17-13/h1-8,19H,(H,17,18). The van der Waals surface area contributed by atoms with Crippen LogP contribution in [0.1, 0.15) is 0 Å². The molecule has 3 nitrogen and oxygen atoms in total. The van der Waals surface area contributed by atoms with Crippen LogP contribution in [0, 0.1) is 5.82 Å². The van der Waals surface area contributed by atoms with Gasteiger partial charge in [-0.2, -0.15) is 0 Å². The Kier molecular flexibility index (Phi) is 2.56. The third-order valence-electron chi connectivity index (χ3n) is 3.03. The molecule has 1 aromatic heterocycles. The Labute approximate surface area is 108 Å². The molecule has 0 bridgehead atoms. The van der Waals surface area contributed by atoms with Crippen LogP contribution in [0.3, 0.4) is 0 Å². The van der Waals surface area contributed by atoms with Crippen molar-refractivity contribution in [3.8, 4) is 17.0 Å². The topological polar surface area (TPSA) is 53.1 Å². The Morgan fingerprint density at radius 3 is 2.47 bits per heavy atom. The Morgan fingerprint density at radius 2 is 1.68 bits per heavy atom. The van der Waals surface area contributed by atoms with Gasteiger partial charge >= 0.3 is 0 Å². The summed E-state index contributed by atoms with van der Waals surface area (Å²) in [6.07, 6.45) is 0. The van der Waals surface area contributed by atoms with Crippen molar-refractivity contribution in [3.63, 3.8) is 0 Å². The maximum absolute atomic E-state index is 13.8. The number of hydrogen-bond donors (Lipinski definition) is 2. The molecule has 0 atom stereocenters. The second-order valence-corrected chi connectivity index (χ2v) is 4.20. The number of nitrogens with one attached hydrogen (secondary N) is 1. The number of aromatic amines is 1. The number of fused-ring (bicyclic) bond motifs is 1. The summed E-state index contributed by atoms with van der Waals surface area (Å²) in [7, 11) is 0. The predicted molar refractivity (Wildman–Crippen MR) is 71.6 cm³/mol. The Balaban J connectivity index is 2.40. The molecule has 3 aromatic rings. The third-order valence-corrected chi connectivity index (χ3v) is 3.03. The number of para-hydroxylation sites is 1. The van der Waals surface area contributed by atoms with Gasteiger partial charge in [0, 0.05) is 16.5 Å². The minimum Gasteiger partial charge on any atom is -0.503 e. The number of hydrogen-bond acceptors (Lipinski definition) is 2. The van der Waals surface area contributed by atoms with Gasteiger partial charge in [-0.3, -0.25) is 4.79 Å². The van der Waals surface area contributed by atoms with Gasteiger partial charge in [0.25, 0.3) is 0 Å². The van der Waals surface area contributed by atoms with E-state index in [1.54, 1.807) is 36.4 Å². The molecule has 2 N–H and O–H groups in total. The summed E-state index contributed by atoms with van der Waals surface area (Å²) < 4.78 is 13.8. The minimum absolute atomic E-state index is 0.0989. The fourth-order valence-corrected chi connectivity index (χ4v) is 2.08. The lowest BCUT2D eigenvalue weighted by Crippen LogP contribution is -2.05. The molecule has 0 saturated carbocycles. The van der Waals surface area contributed by atoms with Crippen LogP contribution >= 0.6 is 0 Å². The second kappa shape index (κ2) is 4.24. The van der Waals surface area contributed by atoms with Crippen LogP contribution < -0.4 is 5.43 Å². The first kappa shape index (κ1) is 11.5. The smallest absolute Gasteiger partial charge is 0.231 e.